The normalized spacial score (nSPS) is 10.4. The van der Waals surface area contributed by atoms with Gasteiger partial charge in [0.2, 0.25) is 0 Å². The second kappa shape index (κ2) is 7.78. The number of nitrogens with zero attached hydrogens (tertiary/aromatic N) is 1. The molecular formula is C11H17NO5S. The van der Waals surface area contributed by atoms with Crippen molar-refractivity contribution < 1.29 is 17.9 Å². The highest BCUT2D eigenvalue weighted by Gasteiger charge is 2.08. The molecule has 1 aromatic carbocycles. The summed E-state index contributed by atoms with van der Waals surface area (Å²) in [6.07, 6.45) is 2.64. The molecule has 0 spiro atoms. The van der Waals surface area contributed by atoms with Gasteiger partial charge in [0.15, 0.2) is 0 Å². The van der Waals surface area contributed by atoms with E-state index in [4.69, 9.17) is 4.55 Å². The lowest BCUT2D eigenvalue weighted by Crippen LogP contribution is -2.01. The maximum absolute atomic E-state index is 10.4. The van der Waals surface area contributed by atoms with Crippen molar-refractivity contribution in [2.75, 3.05) is 0 Å². The number of hydrogen-bond acceptors (Lipinski definition) is 4. The summed E-state index contributed by atoms with van der Waals surface area (Å²) >= 11 is 0. The quantitative estimate of drug-likeness (QED) is 0.517. The van der Waals surface area contributed by atoms with Gasteiger partial charge in [-0.2, -0.15) is 8.42 Å². The van der Waals surface area contributed by atoms with Crippen LogP contribution in [0.5, 0.6) is 0 Å². The largest absolute Gasteiger partial charge is 0.285 e. The molecule has 0 aliphatic heterocycles. The van der Waals surface area contributed by atoms with Gasteiger partial charge >= 0.3 is 0 Å². The van der Waals surface area contributed by atoms with Crippen molar-refractivity contribution in [3.8, 4) is 0 Å². The third-order valence-electron chi connectivity index (χ3n) is 2.00. The lowest BCUT2D eigenvalue weighted by Gasteiger charge is -1.97. The van der Waals surface area contributed by atoms with Crippen LogP contribution in [0.1, 0.15) is 32.3 Å². The zero-order valence-electron chi connectivity index (χ0n) is 10.4. The van der Waals surface area contributed by atoms with E-state index in [9.17, 15) is 18.5 Å². The van der Waals surface area contributed by atoms with E-state index in [1.807, 2.05) is 0 Å². The van der Waals surface area contributed by atoms with Gasteiger partial charge in [-0.05, 0) is 5.56 Å². The molecule has 0 aromatic heterocycles. The molecule has 0 bridgehead atoms. The Bertz CT molecular complexity index is 465. The fraction of sp³-hybridized carbons (Fsp3) is 0.455. The fourth-order valence-corrected chi connectivity index (χ4v) is 1.54. The SMILES string of the molecule is CCCC.O=[N+]([O-])c1ccc(CS(=O)(=O)O)cc1. The van der Waals surface area contributed by atoms with Crippen LogP contribution < -0.4 is 0 Å². The van der Waals surface area contributed by atoms with E-state index in [1.54, 1.807) is 0 Å². The third-order valence-corrected chi connectivity index (χ3v) is 2.69. The van der Waals surface area contributed by atoms with E-state index in [0.717, 1.165) is 0 Å². The number of unbranched alkanes of at least 4 members (excludes halogenated alkanes) is 1. The highest BCUT2D eigenvalue weighted by atomic mass is 32.2. The van der Waals surface area contributed by atoms with Crippen LogP contribution in [0.15, 0.2) is 24.3 Å². The minimum Gasteiger partial charge on any atom is -0.285 e. The van der Waals surface area contributed by atoms with Crippen LogP contribution in [0.4, 0.5) is 5.69 Å². The molecule has 7 heteroatoms. The second-order valence-corrected chi connectivity index (χ2v) is 5.10. The highest BCUT2D eigenvalue weighted by Crippen LogP contribution is 2.13. The average molecular weight is 275 g/mol. The molecule has 0 saturated heterocycles. The van der Waals surface area contributed by atoms with E-state index in [1.165, 1.54) is 37.1 Å². The first-order valence-electron chi connectivity index (χ1n) is 5.48. The molecule has 6 nitrogen and oxygen atoms in total. The Hall–Kier alpha value is -1.47. The Morgan fingerprint density at radius 3 is 1.89 bits per heavy atom. The first kappa shape index (κ1) is 16.5. The van der Waals surface area contributed by atoms with Crippen molar-refractivity contribution in [1.29, 1.82) is 0 Å². The molecule has 1 N–H and O–H groups in total. The van der Waals surface area contributed by atoms with Crippen molar-refractivity contribution in [2.45, 2.75) is 32.4 Å². The van der Waals surface area contributed by atoms with Gasteiger partial charge in [-0.3, -0.25) is 14.7 Å². The van der Waals surface area contributed by atoms with Gasteiger partial charge in [-0.1, -0.05) is 38.8 Å². The van der Waals surface area contributed by atoms with E-state index in [-0.39, 0.29) is 5.69 Å². The number of rotatable bonds is 4. The van der Waals surface area contributed by atoms with Gasteiger partial charge in [0, 0.05) is 12.1 Å². The Morgan fingerprint density at radius 2 is 1.61 bits per heavy atom. The molecule has 0 radical (unpaired) electrons. The summed E-state index contributed by atoms with van der Waals surface area (Å²) in [5, 5.41) is 10.2. The lowest BCUT2D eigenvalue weighted by molar-refractivity contribution is -0.384. The predicted octanol–water partition coefficient (Wildman–Crippen LogP) is 2.79. The van der Waals surface area contributed by atoms with Crippen molar-refractivity contribution in [3.05, 3.63) is 39.9 Å². The molecule has 0 aliphatic rings. The number of nitro benzene ring substituents is 1. The minimum absolute atomic E-state index is 0.121. The van der Waals surface area contributed by atoms with Crippen LogP contribution in [0.2, 0.25) is 0 Å². The summed E-state index contributed by atoms with van der Waals surface area (Å²) in [5.41, 5.74) is 0.183. The number of non-ortho nitro benzene ring substituents is 1. The summed E-state index contributed by atoms with van der Waals surface area (Å²) in [5.74, 6) is -0.537. The van der Waals surface area contributed by atoms with E-state index < -0.39 is 20.8 Å². The Kier molecular flexibility index (Phi) is 7.14. The molecule has 0 unspecified atom stereocenters. The molecule has 0 fully saturated rings. The number of hydrogen-bond donors (Lipinski definition) is 1. The maximum atomic E-state index is 10.4. The van der Waals surface area contributed by atoms with Crippen LogP contribution >= 0.6 is 0 Å². The molecule has 0 aliphatic carbocycles. The Labute approximate surface area is 107 Å². The second-order valence-electron chi connectivity index (χ2n) is 3.65. The van der Waals surface area contributed by atoms with Gasteiger partial charge in [0.1, 0.15) is 5.75 Å². The standard InChI is InChI=1S/C7H7NO5S.C4H10/c9-8(10)7-3-1-6(2-4-7)5-14(11,12)13;1-3-4-2/h1-4H,5H2,(H,11,12,13);3-4H2,1-2H3. The first-order valence-corrected chi connectivity index (χ1v) is 7.09. The molecule has 0 atom stereocenters. The Balaban J connectivity index is 0.000000631. The van der Waals surface area contributed by atoms with Crippen LogP contribution in [-0.2, 0) is 15.9 Å². The van der Waals surface area contributed by atoms with E-state index >= 15 is 0 Å². The van der Waals surface area contributed by atoms with Crippen LogP contribution in [-0.4, -0.2) is 17.9 Å². The average Bonchev–Trinajstić information content (AvgIpc) is 2.28. The highest BCUT2D eigenvalue weighted by molar-refractivity contribution is 7.85. The molecule has 18 heavy (non-hydrogen) atoms. The summed E-state index contributed by atoms with van der Waals surface area (Å²) in [4.78, 5) is 9.65. The molecule has 1 aromatic rings. The number of benzene rings is 1. The zero-order chi connectivity index (χ0) is 14.2. The van der Waals surface area contributed by atoms with Crippen LogP contribution in [0.25, 0.3) is 0 Å². The van der Waals surface area contributed by atoms with Crippen molar-refractivity contribution in [1.82, 2.24) is 0 Å². The summed E-state index contributed by atoms with van der Waals surface area (Å²) < 4.78 is 29.4. The summed E-state index contributed by atoms with van der Waals surface area (Å²) in [6, 6.07) is 4.93. The van der Waals surface area contributed by atoms with E-state index in [2.05, 4.69) is 13.8 Å². The van der Waals surface area contributed by atoms with Crippen molar-refractivity contribution >= 4 is 15.8 Å². The zero-order valence-corrected chi connectivity index (χ0v) is 11.2. The minimum atomic E-state index is -4.08. The van der Waals surface area contributed by atoms with Gasteiger partial charge in [-0.25, -0.2) is 0 Å². The maximum Gasteiger partial charge on any atom is 0.269 e. The van der Waals surface area contributed by atoms with Gasteiger partial charge in [0.25, 0.3) is 15.8 Å². The molecule has 0 heterocycles. The molecule has 0 saturated carbocycles. The predicted molar refractivity (Wildman–Crippen MR) is 68.9 cm³/mol. The molecule has 1 rings (SSSR count). The van der Waals surface area contributed by atoms with Gasteiger partial charge in [-0.15, -0.1) is 0 Å². The third kappa shape index (κ3) is 7.75. The fourth-order valence-electron chi connectivity index (χ4n) is 0.925. The molecule has 0 amide bonds. The van der Waals surface area contributed by atoms with Gasteiger partial charge in [0.05, 0.1) is 4.92 Å². The molecular weight excluding hydrogens is 258 g/mol. The van der Waals surface area contributed by atoms with E-state index in [0.29, 0.717) is 5.56 Å². The molecule has 102 valence electrons. The Morgan fingerprint density at radius 1 is 1.17 bits per heavy atom. The summed E-state index contributed by atoms with van der Waals surface area (Å²) in [7, 11) is -4.08. The van der Waals surface area contributed by atoms with Crippen LogP contribution in [0.3, 0.4) is 0 Å². The van der Waals surface area contributed by atoms with Crippen molar-refractivity contribution in [2.24, 2.45) is 0 Å². The van der Waals surface area contributed by atoms with Crippen molar-refractivity contribution in [3.63, 3.8) is 0 Å². The smallest absolute Gasteiger partial charge is 0.269 e. The first-order chi connectivity index (χ1) is 8.30. The van der Waals surface area contributed by atoms with Crippen LogP contribution in [0, 0.1) is 10.1 Å². The number of nitro groups is 1. The van der Waals surface area contributed by atoms with Gasteiger partial charge < -0.3 is 0 Å². The summed E-state index contributed by atoms with van der Waals surface area (Å²) in [6.45, 7) is 4.36. The monoisotopic (exact) mass is 275 g/mol. The topological polar surface area (TPSA) is 97.5 Å². The lowest BCUT2D eigenvalue weighted by atomic mass is 10.2.